The third kappa shape index (κ3) is 4.60. The standard InChI is InChI=1S/C17H21N3O4/c1-20-10-4-7-14(20)15(21)8-9-18-16(22)17(23)19-12-5-3-6-13(11-12)24-2/h3-7,10-11,15,21H,8-9H2,1-2H3,(H,18,22)(H,19,23). The molecule has 2 amide bonds. The van der Waals surface area contributed by atoms with E-state index in [1.54, 1.807) is 24.3 Å². The maximum atomic E-state index is 11.8. The lowest BCUT2D eigenvalue weighted by atomic mass is 10.2. The Morgan fingerprint density at radius 1 is 1.25 bits per heavy atom. The molecule has 128 valence electrons. The van der Waals surface area contributed by atoms with E-state index in [1.807, 2.05) is 29.9 Å². The summed E-state index contributed by atoms with van der Waals surface area (Å²) in [5.41, 5.74) is 1.23. The fraction of sp³-hybridized carbons (Fsp3) is 0.294. The van der Waals surface area contributed by atoms with Crippen LogP contribution in [0.15, 0.2) is 42.6 Å². The SMILES string of the molecule is COc1cccc(NC(=O)C(=O)NCCC(O)c2cccn2C)c1. The average molecular weight is 331 g/mol. The third-order valence-electron chi connectivity index (χ3n) is 3.56. The normalized spacial score (nSPS) is 11.6. The number of benzene rings is 1. The number of hydrogen-bond acceptors (Lipinski definition) is 4. The fourth-order valence-electron chi connectivity index (χ4n) is 2.26. The number of anilines is 1. The van der Waals surface area contributed by atoms with Crippen molar-refractivity contribution in [1.82, 2.24) is 9.88 Å². The molecule has 0 aliphatic carbocycles. The van der Waals surface area contributed by atoms with E-state index >= 15 is 0 Å². The van der Waals surface area contributed by atoms with Gasteiger partial charge in [0.05, 0.1) is 13.2 Å². The molecule has 0 fully saturated rings. The molecule has 0 saturated carbocycles. The molecule has 1 aromatic heterocycles. The number of aromatic nitrogens is 1. The second-order valence-electron chi connectivity index (χ2n) is 5.29. The molecular weight excluding hydrogens is 310 g/mol. The van der Waals surface area contributed by atoms with E-state index in [1.165, 1.54) is 7.11 Å². The lowest BCUT2D eigenvalue weighted by Gasteiger charge is -2.12. The summed E-state index contributed by atoms with van der Waals surface area (Å²) in [6, 6.07) is 10.4. The van der Waals surface area contributed by atoms with Gasteiger partial charge in [0.15, 0.2) is 0 Å². The first-order valence-corrected chi connectivity index (χ1v) is 7.54. The van der Waals surface area contributed by atoms with E-state index in [9.17, 15) is 14.7 Å². The number of carbonyl (C=O) groups is 2. The number of ether oxygens (including phenoxy) is 1. The maximum Gasteiger partial charge on any atom is 0.313 e. The number of nitrogens with one attached hydrogen (secondary N) is 2. The molecule has 1 heterocycles. The molecule has 0 aliphatic heterocycles. The van der Waals surface area contributed by atoms with Crippen molar-refractivity contribution in [3.05, 3.63) is 48.3 Å². The van der Waals surface area contributed by atoms with Crippen molar-refractivity contribution in [2.75, 3.05) is 19.0 Å². The van der Waals surface area contributed by atoms with Crippen molar-refractivity contribution in [2.45, 2.75) is 12.5 Å². The maximum absolute atomic E-state index is 11.8. The molecule has 0 radical (unpaired) electrons. The van der Waals surface area contributed by atoms with Crippen LogP contribution >= 0.6 is 0 Å². The van der Waals surface area contributed by atoms with Gasteiger partial charge < -0.3 is 25.0 Å². The molecule has 0 spiro atoms. The van der Waals surface area contributed by atoms with E-state index < -0.39 is 17.9 Å². The minimum atomic E-state index is -0.767. The number of aliphatic hydroxyl groups is 1. The molecule has 1 atom stereocenters. The van der Waals surface area contributed by atoms with Crippen LogP contribution in [0.1, 0.15) is 18.2 Å². The number of nitrogens with zero attached hydrogens (tertiary/aromatic N) is 1. The number of amides is 2. The van der Waals surface area contributed by atoms with Gasteiger partial charge in [-0.2, -0.15) is 0 Å². The number of hydrogen-bond donors (Lipinski definition) is 3. The third-order valence-corrected chi connectivity index (χ3v) is 3.56. The van der Waals surface area contributed by atoms with Gasteiger partial charge in [-0.3, -0.25) is 9.59 Å². The van der Waals surface area contributed by atoms with Crippen molar-refractivity contribution >= 4 is 17.5 Å². The van der Waals surface area contributed by atoms with Gasteiger partial charge in [0.2, 0.25) is 0 Å². The van der Waals surface area contributed by atoms with E-state index in [0.717, 1.165) is 5.69 Å². The Hall–Kier alpha value is -2.80. The number of aryl methyl sites for hydroxylation is 1. The summed E-state index contributed by atoms with van der Waals surface area (Å²) >= 11 is 0. The molecule has 1 unspecified atom stereocenters. The number of aliphatic hydroxyl groups excluding tert-OH is 1. The van der Waals surface area contributed by atoms with Gasteiger partial charge >= 0.3 is 11.8 Å². The van der Waals surface area contributed by atoms with Crippen LogP contribution in [-0.4, -0.2) is 35.1 Å². The Morgan fingerprint density at radius 3 is 2.71 bits per heavy atom. The fourth-order valence-corrected chi connectivity index (χ4v) is 2.26. The van der Waals surface area contributed by atoms with Crippen LogP contribution in [0, 0.1) is 0 Å². The number of rotatable bonds is 6. The van der Waals surface area contributed by atoms with Gasteiger partial charge in [-0.25, -0.2) is 0 Å². The van der Waals surface area contributed by atoms with Crippen LogP contribution in [0.3, 0.4) is 0 Å². The molecular formula is C17H21N3O4. The summed E-state index contributed by atoms with van der Waals surface area (Å²) < 4.78 is 6.86. The summed E-state index contributed by atoms with van der Waals surface area (Å²) in [5.74, 6) is -0.938. The highest BCUT2D eigenvalue weighted by molar-refractivity contribution is 6.39. The highest BCUT2D eigenvalue weighted by Gasteiger charge is 2.15. The summed E-state index contributed by atoms with van der Waals surface area (Å²) in [7, 11) is 3.35. The number of methoxy groups -OCH3 is 1. The van der Waals surface area contributed by atoms with Crippen molar-refractivity contribution in [3.8, 4) is 5.75 Å². The summed E-state index contributed by atoms with van der Waals surface area (Å²) in [6.45, 7) is 0.191. The number of carbonyl (C=O) groups excluding carboxylic acids is 2. The van der Waals surface area contributed by atoms with Crippen LogP contribution in [0.25, 0.3) is 0 Å². The van der Waals surface area contributed by atoms with E-state index in [2.05, 4.69) is 10.6 Å². The quantitative estimate of drug-likeness (QED) is 0.694. The average Bonchev–Trinajstić information content (AvgIpc) is 3.00. The Bertz CT molecular complexity index is 711. The zero-order valence-corrected chi connectivity index (χ0v) is 13.7. The van der Waals surface area contributed by atoms with Gasteiger partial charge in [-0.15, -0.1) is 0 Å². The van der Waals surface area contributed by atoms with Crippen LogP contribution in [-0.2, 0) is 16.6 Å². The predicted octanol–water partition coefficient (Wildman–Crippen LogP) is 1.21. The molecule has 2 aromatic rings. The van der Waals surface area contributed by atoms with Gasteiger partial charge in [0, 0.05) is 37.2 Å². The second-order valence-corrected chi connectivity index (χ2v) is 5.29. The van der Waals surface area contributed by atoms with Gasteiger partial charge in [-0.05, 0) is 30.7 Å². The highest BCUT2D eigenvalue weighted by atomic mass is 16.5. The van der Waals surface area contributed by atoms with Gasteiger partial charge in [-0.1, -0.05) is 6.07 Å². The summed E-state index contributed by atoms with van der Waals surface area (Å²) in [6.07, 6.45) is 1.45. The summed E-state index contributed by atoms with van der Waals surface area (Å²) in [5, 5.41) is 15.0. The first-order valence-electron chi connectivity index (χ1n) is 7.54. The van der Waals surface area contributed by atoms with E-state index in [-0.39, 0.29) is 6.54 Å². The lowest BCUT2D eigenvalue weighted by Crippen LogP contribution is -2.36. The molecule has 2 rings (SSSR count). The molecule has 7 nitrogen and oxygen atoms in total. The predicted molar refractivity (Wildman–Crippen MR) is 89.6 cm³/mol. The molecule has 0 saturated heterocycles. The van der Waals surface area contributed by atoms with Gasteiger partial charge in [0.1, 0.15) is 5.75 Å². The monoisotopic (exact) mass is 331 g/mol. The molecule has 3 N–H and O–H groups in total. The Morgan fingerprint density at radius 2 is 2.04 bits per heavy atom. The van der Waals surface area contributed by atoms with Crippen LogP contribution in [0.2, 0.25) is 0 Å². The van der Waals surface area contributed by atoms with Crippen LogP contribution < -0.4 is 15.4 Å². The van der Waals surface area contributed by atoms with Gasteiger partial charge in [0.25, 0.3) is 0 Å². The smallest absolute Gasteiger partial charge is 0.313 e. The molecule has 0 bridgehead atoms. The Kier molecular flexibility index (Phi) is 5.97. The first-order chi connectivity index (χ1) is 11.5. The van der Waals surface area contributed by atoms with Crippen molar-refractivity contribution in [1.29, 1.82) is 0 Å². The van der Waals surface area contributed by atoms with Crippen molar-refractivity contribution < 1.29 is 19.4 Å². The Balaban J connectivity index is 1.79. The zero-order chi connectivity index (χ0) is 17.5. The van der Waals surface area contributed by atoms with Crippen LogP contribution in [0.5, 0.6) is 5.75 Å². The lowest BCUT2D eigenvalue weighted by molar-refractivity contribution is -0.136. The Labute approximate surface area is 140 Å². The van der Waals surface area contributed by atoms with E-state index in [4.69, 9.17) is 4.74 Å². The molecule has 0 aliphatic rings. The first kappa shape index (κ1) is 17.6. The summed E-state index contributed by atoms with van der Waals surface area (Å²) in [4.78, 5) is 23.6. The largest absolute Gasteiger partial charge is 0.497 e. The van der Waals surface area contributed by atoms with Crippen molar-refractivity contribution in [2.24, 2.45) is 7.05 Å². The molecule has 24 heavy (non-hydrogen) atoms. The van der Waals surface area contributed by atoms with Crippen molar-refractivity contribution in [3.63, 3.8) is 0 Å². The molecule has 7 heteroatoms. The minimum absolute atomic E-state index is 0.191. The van der Waals surface area contributed by atoms with Crippen LogP contribution in [0.4, 0.5) is 5.69 Å². The highest BCUT2D eigenvalue weighted by Crippen LogP contribution is 2.17. The zero-order valence-electron chi connectivity index (χ0n) is 13.7. The van der Waals surface area contributed by atoms with E-state index in [0.29, 0.717) is 17.9 Å². The molecule has 1 aromatic carbocycles. The topological polar surface area (TPSA) is 92.6 Å². The minimum Gasteiger partial charge on any atom is -0.497 e. The second kappa shape index (κ2) is 8.16.